The van der Waals surface area contributed by atoms with Gasteiger partial charge in [0.1, 0.15) is 17.2 Å². The first-order chi connectivity index (χ1) is 15.2. The van der Waals surface area contributed by atoms with Gasteiger partial charge in [-0.15, -0.1) is 0 Å². The van der Waals surface area contributed by atoms with E-state index in [1.165, 1.54) is 0 Å². The highest BCUT2D eigenvalue weighted by atomic mass is 16.5. The van der Waals surface area contributed by atoms with Crippen molar-refractivity contribution in [1.29, 1.82) is 0 Å². The fourth-order valence-electron chi connectivity index (χ4n) is 2.92. The summed E-state index contributed by atoms with van der Waals surface area (Å²) in [5.74, 6) is 2.07. The molecule has 0 spiro atoms. The fourth-order valence-corrected chi connectivity index (χ4v) is 2.92. The van der Waals surface area contributed by atoms with Crippen LogP contribution in [0.15, 0.2) is 48.5 Å². The van der Waals surface area contributed by atoms with E-state index in [1.54, 1.807) is 18.2 Å². The summed E-state index contributed by atoms with van der Waals surface area (Å²) in [5.41, 5.74) is 1.40. The standard InChI is InChI=1S/C27H36O4/c1-4-7-18-29-23-15-17-26(30-19-8-5-2)22(21-23)14-16-25(28)24-12-10-11-13-27(24)31-20-9-6-3/h10-17,21H,4-9,18-20H2,1-3H3/b16-14+. The number of rotatable bonds is 15. The average Bonchev–Trinajstić information content (AvgIpc) is 2.79. The molecule has 0 bridgehead atoms. The molecule has 4 heteroatoms. The molecular formula is C27H36O4. The van der Waals surface area contributed by atoms with Crippen molar-refractivity contribution in [2.45, 2.75) is 59.3 Å². The van der Waals surface area contributed by atoms with E-state index in [1.807, 2.05) is 36.4 Å². The molecule has 0 N–H and O–H groups in total. The summed E-state index contributed by atoms with van der Waals surface area (Å²) in [7, 11) is 0. The van der Waals surface area contributed by atoms with Gasteiger partial charge in [-0.1, -0.05) is 52.2 Å². The second kappa shape index (κ2) is 14.3. The van der Waals surface area contributed by atoms with Crippen LogP contribution in [0.4, 0.5) is 0 Å². The number of carbonyl (C=O) groups excluding carboxylic acids is 1. The summed E-state index contributed by atoms with van der Waals surface area (Å²) in [5, 5.41) is 0. The minimum absolute atomic E-state index is 0.0936. The average molecular weight is 425 g/mol. The van der Waals surface area contributed by atoms with E-state index in [0.29, 0.717) is 31.1 Å². The molecule has 31 heavy (non-hydrogen) atoms. The van der Waals surface area contributed by atoms with Crippen LogP contribution in [0.2, 0.25) is 0 Å². The van der Waals surface area contributed by atoms with Crippen LogP contribution in [0.1, 0.15) is 75.2 Å². The Kier molecular flexibility index (Phi) is 11.3. The van der Waals surface area contributed by atoms with Gasteiger partial charge in [0.25, 0.3) is 0 Å². The maximum Gasteiger partial charge on any atom is 0.189 e. The monoisotopic (exact) mass is 424 g/mol. The highest BCUT2D eigenvalue weighted by Crippen LogP contribution is 2.27. The Morgan fingerprint density at radius 1 is 0.774 bits per heavy atom. The van der Waals surface area contributed by atoms with E-state index in [2.05, 4.69) is 20.8 Å². The lowest BCUT2D eigenvalue weighted by Gasteiger charge is -2.12. The predicted octanol–water partition coefficient (Wildman–Crippen LogP) is 7.12. The van der Waals surface area contributed by atoms with Crippen molar-refractivity contribution < 1.29 is 19.0 Å². The fraction of sp³-hybridized carbons (Fsp3) is 0.444. The molecule has 2 rings (SSSR count). The molecule has 0 aromatic heterocycles. The molecule has 4 nitrogen and oxygen atoms in total. The minimum atomic E-state index is -0.0936. The van der Waals surface area contributed by atoms with Crippen molar-refractivity contribution in [3.8, 4) is 17.2 Å². The Morgan fingerprint density at radius 2 is 1.39 bits per heavy atom. The first-order valence-corrected chi connectivity index (χ1v) is 11.5. The number of hydrogen-bond acceptors (Lipinski definition) is 4. The number of ether oxygens (including phenoxy) is 3. The summed E-state index contributed by atoms with van der Waals surface area (Å²) < 4.78 is 17.6. The van der Waals surface area contributed by atoms with Gasteiger partial charge in [0, 0.05) is 5.56 Å². The number of hydrogen-bond donors (Lipinski definition) is 0. The van der Waals surface area contributed by atoms with Gasteiger partial charge in [-0.3, -0.25) is 4.79 Å². The van der Waals surface area contributed by atoms with Crippen molar-refractivity contribution in [3.05, 3.63) is 59.7 Å². The highest BCUT2D eigenvalue weighted by Gasteiger charge is 2.10. The molecule has 0 heterocycles. The summed E-state index contributed by atoms with van der Waals surface area (Å²) >= 11 is 0. The molecule has 168 valence electrons. The molecule has 0 aliphatic heterocycles. The van der Waals surface area contributed by atoms with Crippen LogP contribution in [-0.4, -0.2) is 25.6 Å². The molecule has 2 aromatic carbocycles. The molecule has 0 atom stereocenters. The van der Waals surface area contributed by atoms with Gasteiger partial charge in [-0.25, -0.2) is 0 Å². The lowest BCUT2D eigenvalue weighted by atomic mass is 10.1. The van der Waals surface area contributed by atoms with E-state index in [9.17, 15) is 4.79 Å². The molecule has 0 radical (unpaired) electrons. The topological polar surface area (TPSA) is 44.8 Å². The molecule has 0 saturated carbocycles. The van der Waals surface area contributed by atoms with E-state index in [0.717, 1.165) is 55.6 Å². The summed E-state index contributed by atoms with van der Waals surface area (Å²) in [6, 6.07) is 13.2. The number of allylic oxidation sites excluding steroid dienone is 1. The van der Waals surface area contributed by atoms with Crippen molar-refractivity contribution in [1.82, 2.24) is 0 Å². The van der Waals surface area contributed by atoms with Crippen molar-refractivity contribution >= 4 is 11.9 Å². The molecule has 0 aliphatic rings. The summed E-state index contributed by atoms with van der Waals surface area (Å²) in [4.78, 5) is 12.9. The third-order valence-electron chi connectivity index (χ3n) is 4.83. The van der Waals surface area contributed by atoms with Crippen LogP contribution < -0.4 is 14.2 Å². The first kappa shape index (κ1) is 24.5. The number of unbranched alkanes of at least 4 members (excludes halogenated alkanes) is 3. The maximum atomic E-state index is 12.9. The molecule has 0 unspecified atom stereocenters. The number of benzene rings is 2. The molecule has 2 aromatic rings. The van der Waals surface area contributed by atoms with Crippen LogP contribution >= 0.6 is 0 Å². The zero-order valence-electron chi connectivity index (χ0n) is 19.2. The van der Waals surface area contributed by atoms with Crippen molar-refractivity contribution in [2.24, 2.45) is 0 Å². The summed E-state index contributed by atoms with van der Waals surface area (Å²) in [6.45, 7) is 8.32. The van der Waals surface area contributed by atoms with Gasteiger partial charge in [-0.2, -0.15) is 0 Å². The smallest absolute Gasteiger partial charge is 0.189 e. The molecule has 0 aliphatic carbocycles. The van der Waals surface area contributed by atoms with Crippen LogP contribution in [0, 0.1) is 0 Å². The predicted molar refractivity (Wildman–Crippen MR) is 127 cm³/mol. The van der Waals surface area contributed by atoms with Crippen LogP contribution in [0.25, 0.3) is 6.08 Å². The molecule has 0 saturated heterocycles. The first-order valence-electron chi connectivity index (χ1n) is 11.5. The molecule has 0 amide bonds. The quantitative estimate of drug-likeness (QED) is 0.173. The largest absolute Gasteiger partial charge is 0.494 e. The van der Waals surface area contributed by atoms with Crippen LogP contribution in [0.3, 0.4) is 0 Å². The van der Waals surface area contributed by atoms with Gasteiger partial charge in [-0.05, 0) is 61.7 Å². The van der Waals surface area contributed by atoms with Crippen LogP contribution in [0.5, 0.6) is 17.2 Å². The Morgan fingerprint density at radius 3 is 2.06 bits per heavy atom. The van der Waals surface area contributed by atoms with Crippen LogP contribution in [-0.2, 0) is 0 Å². The Bertz CT molecular complexity index is 826. The SMILES string of the molecule is CCCCOc1ccc(OCCCC)c(/C=C/C(=O)c2ccccc2OCCCC)c1. The van der Waals surface area contributed by atoms with E-state index in [4.69, 9.17) is 14.2 Å². The van der Waals surface area contributed by atoms with E-state index >= 15 is 0 Å². The normalized spacial score (nSPS) is 10.9. The number of para-hydroxylation sites is 1. The summed E-state index contributed by atoms with van der Waals surface area (Å²) in [6.07, 6.45) is 9.54. The molecule has 0 fully saturated rings. The Labute approximate surface area is 187 Å². The Balaban J connectivity index is 2.19. The zero-order chi connectivity index (χ0) is 22.3. The second-order valence-electron chi connectivity index (χ2n) is 7.50. The zero-order valence-corrected chi connectivity index (χ0v) is 19.2. The van der Waals surface area contributed by atoms with Gasteiger partial charge in [0.2, 0.25) is 0 Å². The lowest BCUT2D eigenvalue weighted by Crippen LogP contribution is -2.03. The van der Waals surface area contributed by atoms with Gasteiger partial charge in [0.05, 0.1) is 25.4 Å². The van der Waals surface area contributed by atoms with Crippen molar-refractivity contribution in [2.75, 3.05) is 19.8 Å². The van der Waals surface area contributed by atoms with E-state index < -0.39 is 0 Å². The second-order valence-corrected chi connectivity index (χ2v) is 7.50. The highest BCUT2D eigenvalue weighted by molar-refractivity contribution is 6.08. The number of carbonyl (C=O) groups is 1. The minimum Gasteiger partial charge on any atom is -0.494 e. The van der Waals surface area contributed by atoms with Gasteiger partial charge >= 0.3 is 0 Å². The lowest BCUT2D eigenvalue weighted by molar-refractivity contribution is 0.104. The third-order valence-corrected chi connectivity index (χ3v) is 4.83. The number of ketones is 1. The van der Waals surface area contributed by atoms with Gasteiger partial charge in [0.15, 0.2) is 5.78 Å². The third kappa shape index (κ3) is 8.49. The Hall–Kier alpha value is -2.75. The van der Waals surface area contributed by atoms with E-state index in [-0.39, 0.29) is 5.78 Å². The maximum absolute atomic E-state index is 12.9. The van der Waals surface area contributed by atoms with Crippen molar-refractivity contribution in [3.63, 3.8) is 0 Å². The molecular weight excluding hydrogens is 388 g/mol. The van der Waals surface area contributed by atoms with Gasteiger partial charge < -0.3 is 14.2 Å².